The van der Waals surface area contributed by atoms with Crippen LogP contribution in [0.4, 0.5) is 5.95 Å². The lowest BCUT2D eigenvalue weighted by Crippen LogP contribution is -2.05. The van der Waals surface area contributed by atoms with E-state index < -0.39 is 0 Å². The molecule has 0 aliphatic rings. The lowest BCUT2D eigenvalue weighted by atomic mass is 10.1. The molecule has 0 aliphatic heterocycles. The van der Waals surface area contributed by atoms with Crippen LogP contribution in [0.15, 0.2) is 36.7 Å². The summed E-state index contributed by atoms with van der Waals surface area (Å²) in [5.41, 5.74) is 3.75. The summed E-state index contributed by atoms with van der Waals surface area (Å²) in [6.07, 6.45) is 4.69. The maximum absolute atomic E-state index is 4.23. The number of rotatable bonds is 4. The predicted octanol–water partition coefficient (Wildman–Crippen LogP) is 2.96. The van der Waals surface area contributed by atoms with Crippen molar-refractivity contribution in [1.29, 1.82) is 0 Å². The Balaban J connectivity index is 2.04. The van der Waals surface area contributed by atoms with E-state index in [1.54, 1.807) is 0 Å². The van der Waals surface area contributed by atoms with Gasteiger partial charge < -0.3 is 5.32 Å². The average molecular weight is 227 g/mol. The summed E-state index contributed by atoms with van der Waals surface area (Å²) in [7, 11) is 0. The second kappa shape index (κ2) is 5.43. The van der Waals surface area contributed by atoms with E-state index in [0.717, 1.165) is 18.5 Å². The van der Waals surface area contributed by atoms with E-state index in [9.17, 15) is 0 Å². The van der Waals surface area contributed by atoms with Gasteiger partial charge in [0.05, 0.1) is 0 Å². The number of hydrogen-bond acceptors (Lipinski definition) is 3. The van der Waals surface area contributed by atoms with Crippen LogP contribution in [0, 0.1) is 6.92 Å². The smallest absolute Gasteiger partial charge is 0.222 e. The Labute approximate surface area is 102 Å². The van der Waals surface area contributed by atoms with Gasteiger partial charge in [-0.1, -0.05) is 31.2 Å². The van der Waals surface area contributed by atoms with E-state index in [2.05, 4.69) is 46.5 Å². The van der Waals surface area contributed by atoms with Crippen LogP contribution in [0.5, 0.6) is 0 Å². The van der Waals surface area contributed by atoms with E-state index in [0.29, 0.717) is 5.95 Å². The number of aromatic nitrogens is 2. The Kier molecular flexibility index (Phi) is 3.70. The normalized spacial score (nSPS) is 10.2. The molecule has 3 heteroatoms. The van der Waals surface area contributed by atoms with Gasteiger partial charge >= 0.3 is 0 Å². The molecule has 2 aromatic rings. The average Bonchev–Trinajstić information content (AvgIpc) is 2.38. The van der Waals surface area contributed by atoms with Gasteiger partial charge in [0.25, 0.3) is 0 Å². The summed E-state index contributed by atoms with van der Waals surface area (Å²) < 4.78 is 0. The molecule has 0 bridgehead atoms. The molecule has 0 unspecified atom stereocenters. The first-order chi connectivity index (χ1) is 8.29. The van der Waals surface area contributed by atoms with Gasteiger partial charge in [0.1, 0.15) is 0 Å². The Hall–Kier alpha value is -1.90. The zero-order valence-corrected chi connectivity index (χ0v) is 10.3. The Bertz CT molecular complexity index is 477. The molecule has 0 atom stereocenters. The third-order valence-corrected chi connectivity index (χ3v) is 2.72. The first-order valence-electron chi connectivity index (χ1n) is 5.89. The number of nitrogens with one attached hydrogen (secondary N) is 1. The third kappa shape index (κ3) is 3.03. The fourth-order valence-electron chi connectivity index (χ4n) is 1.73. The molecular weight excluding hydrogens is 210 g/mol. The van der Waals surface area contributed by atoms with Crippen LogP contribution in [0.3, 0.4) is 0 Å². The molecule has 0 aliphatic carbocycles. The van der Waals surface area contributed by atoms with Gasteiger partial charge in [0.2, 0.25) is 5.95 Å². The molecule has 3 nitrogen and oxygen atoms in total. The first-order valence-corrected chi connectivity index (χ1v) is 5.89. The fraction of sp³-hybridized carbons (Fsp3) is 0.286. The SMILES string of the molecule is CCc1ccccc1CNc1ncc(C)cn1. The van der Waals surface area contributed by atoms with Gasteiger partial charge in [-0.25, -0.2) is 9.97 Å². The lowest BCUT2D eigenvalue weighted by molar-refractivity contribution is 1.00. The Morgan fingerprint density at radius 3 is 2.35 bits per heavy atom. The highest BCUT2D eigenvalue weighted by atomic mass is 15.1. The lowest BCUT2D eigenvalue weighted by Gasteiger charge is -2.08. The van der Waals surface area contributed by atoms with Crippen molar-refractivity contribution in [3.8, 4) is 0 Å². The highest BCUT2D eigenvalue weighted by molar-refractivity contribution is 5.32. The van der Waals surface area contributed by atoms with Crippen molar-refractivity contribution in [2.75, 3.05) is 5.32 Å². The van der Waals surface area contributed by atoms with Crippen molar-refractivity contribution in [2.24, 2.45) is 0 Å². The number of anilines is 1. The first kappa shape index (κ1) is 11.6. The van der Waals surface area contributed by atoms with Gasteiger partial charge in [-0.05, 0) is 30.0 Å². The molecule has 0 spiro atoms. The summed E-state index contributed by atoms with van der Waals surface area (Å²) in [5.74, 6) is 0.682. The molecule has 1 heterocycles. The summed E-state index contributed by atoms with van der Waals surface area (Å²) >= 11 is 0. The minimum absolute atomic E-state index is 0.682. The summed E-state index contributed by atoms with van der Waals surface area (Å²) in [5, 5.41) is 3.24. The zero-order chi connectivity index (χ0) is 12.1. The summed E-state index contributed by atoms with van der Waals surface area (Å²) in [6.45, 7) is 4.92. The van der Waals surface area contributed by atoms with E-state index in [4.69, 9.17) is 0 Å². The molecule has 0 fully saturated rings. The topological polar surface area (TPSA) is 37.8 Å². The van der Waals surface area contributed by atoms with Crippen molar-refractivity contribution in [1.82, 2.24) is 9.97 Å². The Morgan fingerprint density at radius 1 is 1.06 bits per heavy atom. The minimum Gasteiger partial charge on any atom is -0.350 e. The molecule has 17 heavy (non-hydrogen) atoms. The van der Waals surface area contributed by atoms with Crippen LogP contribution in [-0.2, 0) is 13.0 Å². The second-order valence-electron chi connectivity index (χ2n) is 4.06. The number of nitrogens with zero attached hydrogens (tertiary/aromatic N) is 2. The molecule has 88 valence electrons. The van der Waals surface area contributed by atoms with Crippen molar-refractivity contribution < 1.29 is 0 Å². The number of hydrogen-bond donors (Lipinski definition) is 1. The van der Waals surface area contributed by atoms with Gasteiger partial charge in [-0.3, -0.25) is 0 Å². The quantitative estimate of drug-likeness (QED) is 0.872. The van der Waals surface area contributed by atoms with Crippen molar-refractivity contribution >= 4 is 5.95 Å². The molecule has 0 saturated heterocycles. The van der Waals surface area contributed by atoms with Crippen LogP contribution >= 0.6 is 0 Å². The molecule has 2 rings (SSSR count). The van der Waals surface area contributed by atoms with Crippen molar-refractivity contribution in [3.63, 3.8) is 0 Å². The van der Waals surface area contributed by atoms with E-state index in [1.807, 2.05) is 19.3 Å². The fourth-order valence-corrected chi connectivity index (χ4v) is 1.73. The molecule has 1 aromatic carbocycles. The van der Waals surface area contributed by atoms with Gasteiger partial charge in [0, 0.05) is 18.9 Å². The number of aryl methyl sites for hydroxylation is 2. The molecule has 1 N–H and O–H groups in total. The van der Waals surface area contributed by atoms with Crippen LogP contribution in [0.1, 0.15) is 23.6 Å². The third-order valence-electron chi connectivity index (χ3n) is 2.72. The molecular formula is C14H17N3. The second-order valence-corrected chi connectivity index (χ2v) is 4.06. The van der Waals surface area contributed by atoms with Crippen LogP contribution < -0.4 is 5.32 Å². The van der Waals surface area contributed by atoms with E-state index >= 15 is 0 Å². The van der Waals surface area contributed by atoms with Crippen molar-refractivity contribution in [2.45, 2.75) is 26.8 Å². The van der Waals surface area contributed by atoms with Crippen molar-refractivity contribution in [3.05, 3.63) is 53.3 Å². The van der Waals surface area contributed by atoms with Gasteiger partial charge in [-0.15, -0.1) is 0 Å². The minimum atomic E-state index is 0.682. The Morgan fingerprint density at radius 2 is 1.71 bits per heavy atom. The maximum atomic E-state index is 4.23. The highest BCUT2D eigenvalue weighted by Crippen LogP contribution is 2.11. The molecule has 1 aromatic heterocycles. The predicted molar refractivity (Wildman–Crippen MR) is 69.9 cm³/mol. The standard InChI is InChI=1S/C14H17N3/c1-3-12-6-4-5-7-13(12)10-17-14-15-8-11(2)9-16-14/h4-9H,3,10H2,1-2H3,(H,15,16,17). The summed E-state index contributed by atoms with van der Waals surface area (Å²) in [6, 6.07) is 8.43. The maximum Gasteiger partial charge on any atom is 0.222 e. The largest absolute Gasteiger partial charge is 0.350 e. The monoisotopic (exact) mass is 227 g/mol. The van der Waals surface area contributed by atoms with E-state index in [-0.39, 0.29) is 0 Å². The molecule has 0 saturated carbocycles. The zero-order valence-electron chi connectivity index (χ0n) is 10.3. The van der Waals surface area contributed by atoms with Crippen LogP contribution in [-0.4, -0.2) is 9.97 Å². The summed E-state index contributed by atoms with van der Waals surface area (Å²) in [4.78, 5) is 8.45. The van der Waals surface area contributed by atoms with Crippen LogP contribution in [0.25, 0.3) is 0 Å². The number of benzene rings is 1. The highest BCUT2D eigenvalue weighted by Gasteiger charge is 2.00. The molecule has 0 radical (unpaired) electrons. The van der Waals surface area contributed by atoms with E-state index in [1.165, 1.54) is 11.1 Å². The molecule has 0 amide bonds. The van der Waals surface area contributed by atoms with Gasteiger partial charge in [0.15, 0.2) is 0 Å². The van der Waals surface area contributed by atoms with Crippen LogP contribution in [0.2, 0.25) is 0 Å². The van der Waals surface area contributed by atoms with Gasteiger partial charge in [-0.2, -0.15) is 0 Å².